The van der Waals surface area contributed by atoms with E-state index in [4.69, 9.17) is 9.47 Å². The average Bonchev–Trinajstić information content (AvgIpc) is 2.73. The van der Waals surface area contributed by atoms with E-state index in [2.05, 4.69) is 27.7 Å². The number of hydrogen-bond donors (Lipinski definition) is 0. The Kier molecular flexibility index (Phi) is 11.3. The monoisotopic (exact) mass is 416 g/mol. The molecule has 0 saturated heterocycles. The van der Waals surface area contributed by atoms with Crippen LogP contribution >= 0.6 is 0 Å². The van der Waals surface area contributed by atoms with Crippen molar-refractivity contribution in [2.45, 2.75) is 104 Å². The molecule has 1 saturated carbocycles. The van der Waals surface area contributed by atoms with Crippen LogP contribution in [0, 0.1) is 17.8 Å². The molecule has 0 aromatic heterocycles. The lowest BCUT2D eigenvalue weighted by Crippen LogP contribution is -2.35. The molecular weight excluding hydrogens is 372 g/mol. The molecule has 0 amide bonds. The number of unbranched alkanes of at least 4 members (excludes halogenated alkanes) is 7. The van der Waals surface area contributed by atoms with Gasteiger partial charge in [-0.25, -0.2) is 4.79 Å². The van der Waals surface area contributed by atoms with Crippen LogP contribution in [0.25, 0.3) is 0 Å². The van der Waals surface area contributed by atoms with Crippen molar-refractivity contribution in [2.24, 2.45) is 17.8 Å². The summed E-state index contributed by atoms with van der Waals surface area (Å²) in [5.41, 5.74) is 0.621. The van der Waals surface area contributed by atoms with E-state index in [1.165, 1.54) is 51.4 Å². The SMILES string of the molecule is CCCCCCCCCCOc1ccc(C(=O)O[C@@H]2C[C@@H](C)CC[C@@H]2C(C)C)cc1. The van der Waals surface area contributed by atoms with Gasteiger partial charge in [0, 0.05) is 0 Å². The number of rotatable bonds is 13. The van der Waals surface area contributed by atoms with Crippen molar-refractivity contribution in [1.82, 2.24) is 0 Å². The van der Waals surface area contributed by atoms with Crippen LogP contribution in [0.5, 0.6) is 5.75 Å². The summed E-state index contributed by atoms with van der Waals surface area (Å²) in [5, 5.41) is 0. The molecule has 0 unspecified atom stereocenters. The molecule has 3 atom stereocenters. The predicted molar refractivity (Wildman–Crippen MR) is 125 cm³/mol. The van der Waals surface area contributed by atoms with Gasteiger partial charge in [0.05, 0.1) is 12.2 Å². The van der Waals surface area contributed by atoms with Crippen molar-refractivity contribution in [3.63, 3.8) is 0 Å². The molecule has 2 rings (SSSR count). The van der Waals surface area contributed by atoms with E-state index in [0.29, 0.717) is 23.3 Å². The third kappa shape index (κ3) is 8.70. The quantitative estimate of drug-likeness (QED) is 0.243. The minimum atomic E-state index is -0.200. The average molecular weight is 417 g/mol. The Morgan fingerprint density at radius 3 is 2.23 bits per heavy atom. The molecule has 1 fully saturated rings. The van der Waals surface area contributed by atoms with Crippen LogP contribution < -0.4 is 4.74 Å². The highest BCUT2D eigenvalue weighted by atomic mass is 16.5. The molecular formula is C27H44O3. The zero-order valence-corrected chi connectivity index (χ0v) is 19.8. The highest BCUT2D eigenvalue weighted by molar-refractivity contribution is 5.89. The van der Waals surface area contributed by atoms with E-state index in [9.17, 15) is 4.79 Å². The van der Waals surface area contributed by atoms with E-state index in [1.807, 2.05) is 24.3 Å². The summed E-state index contributed by atoms with van der Waals surface area (Å²) in [6.45, 7) is 9.73. The summed E-state index contributed by atoms with van der Waals surface area (Å²) >= 11 is 0. The van der Waals surface area contributed by atoms with Gasteiger partial charge in [0.2, 0.25) is 0 Å². The molecule has 3 nitrogen and oxygen atoms in total. The molecule has 0 spiro atoms. The Balaban J connectivity index is 1.69. The Hall–Kier alpha value is -1.51. The normalized spacial score (nSPS) is 21.6. The van der Waals surface area contributed by atoms with Gasteiger partial charge in [-0.3, -0.25) is 0 Å². The second-order valence-corrected chi connectivity index (χ2v) is 9.62. The molecule has 3 heteroatoms. The summed E-state index contributed by atoms with van der Waals surface area (Å²) in [7, 11) is 0. The van der Waals surface area contributed by atoms with Crippen molar-refractivity contribution in [3.8, 4) is 5.75 Å². The van der Waals surface area contributed by atoms with Gasteiger partial charge in [-0.15, -0.1) is 0 Å². The molecule has 0 N–H and O–H groups in total. The van der Waals surface area contributed by atoms with Crippen LogP contribution in [0.4, 0.5) is 0 Å². The van der Waals surface area contributed by atoms with Crippen LogP contribution in [0.1, 0.15) is 109 Å². The van der Waals surface area contributed by atoms with Gasteiger partial charge < -0.3 is 9.47 Å². The van der Waals surface area contributed by atoms with E-state index in [1.54, 1.807) is 0 Å². The number of benzene rings is 1. The maximum Gasteiger partial charge on any atom is 0.338 e. The maximum atomic E-state index is 12.7. The lowest BCUT2D eigenvalue weighted by atomic mass is 9.75. The van der Waals surface area contributed by atoms with Crippen LogP contribution in [0.3, 0.4) is 0 Å². The van der Waals surface area contributed by atoms with E-state index in [0.717, 1.165) is 31.6 Å². The number of esters is 1. The summed E-state index contributed by atoms with van der Waals surface area (Å²) in [6.07, 6.45) is 13.8. The maximum absolute atomic E-state index is 12.7. The molecule has 1 aliphatic carbocycles. The molecule has 1 aromatic rings. The summed E-state index contributed by atoms with van der Waals surface area (Å²) in [4.78, 5) is 12.7. The topological polar surface area (TPSA) is 35.5 Å². The fourth-order valence-electron chi connectivity index (χ4n) is 4.57. The van der Waals surface area contributed by atoms with Crippen molar-refractivity contribution < 1.29 is 14.3 Å². The van der Waals surface area contributed by atoms with E-state index < -0.39 is 0 Å². The van der Waals surface area contributed by atoms with Crippen LogP contribution in [-0.2, 0) is 4.74 Å². The first-order valence-electron chi connectivity index (χ1n) is 12.4. The van der Waals surface area contributed by atoms with Gasteiger partial charge in [-0.1, -0.05) is 79.1 Å². The molecule has 0 aliphatic heterocycles. The number of hydrogen-bond acceptors (Lipinski definition) is 3. The lowest BCUT2D eigenvalue weighted by Gasteiger charge is -2.36. The number of carbonyl (C=O) groups is 1. The molecule has 1 aromatic carbocycles. The first-order chi connectivity index (χ1) is 14.5. The molecule has 0 heterocycles. The zero-order chi connectivity index (χ0) is 21.8. The smallest absolute Gasteiger partial charge is 0.338 e. The molecule has 30 heavy (non-hydrogen) atoms. The van der Waals surface area contributed by atoms with Gasteiger partial charge in [-0.05, 0) is 61.3 Å². The largest absolute Gasteiger partial charge is 0.494 e. The Morgan fingerprint density at radius 1 is 0.967 bits per heavy atom. The second kappa shape index (κ2) is 13.7. The molecule has 0 bridgehead atoms. The highest BCUT2D eigenvalue weighted by Crippen LogP contribution is 2.35. The number of carbonyl (C=O) groups excluding carboxylic acids is 1. The first kappa shape index (κ1) is 24.8. The fraction of sp³-hybridized carbons (Fsp3) is 0.741. The fourth-order valence-corrected chi connectivity index (χ4v) is 4.57. The summed E-state index contributed by atoms with van der Waals surface area (Å²) in [6, 6.07) is 7.46. The van der Waals surface area contributed by atoms with Gasteiger partial charge in [-0.2, -0.15) is 0 Å². The molecule has 0 radical (unpaired) electrons. The summed E-state index contributed by atoms with van der Waals surface area (Å²) < 4.78 is 11.8. The number of ether oxygens (including phenoxy) is 2. The third-order valence-electron chi connectivity index (χ3n) is 6.58. The minimum absolute atomic E-state index is 0.0409. The minimum Gasteiger partial charge on any atom is -0.494 e. The van der Waals surface area contributed by atoms with E-state index in [-0.39, 0.29) is 12.1 Å². The molecule has 170 valence electrons. The second-order valence-electron chi connectivity index (χ2n) is 9.62. The molecule has 1 aliphatic rings. The van der Waals surface area contributed by atoms with Crippen molar-refractivity contribution in [1.29, 1.82) is 0 Å². The highest BCUT2D eigenvalue weighted by Gasteiger charge is 2.33. The predicted octanol–water partition coefficient (Wildman–Crippen LogP) is 7.82. The van der Waals surface area contributed by atoms with Gasteiger partial charge in [0.25, 0.3) is 0 Å². The van der Waals surface area contributed by atoms with Crippen molar-refractivity contribution in [2.75, 3.05) is 6.61 Å². The standard InChI is InChI=1S/C27H44O3/c1-5-6-7-8-9-10-11-12-19-29-24-16-14-23(15-17-24)27(28)30-26-20-22(4)13-18-25(26)21(2)3/h14-17,21-22,25-26H,5-13,18-20H2,1-4H3/t22-,25+,26+/m0/s1. The third-order valence-corrected chi connectivity index (χ3v) is 6.58. The van der Waals surface area contributed by atoms with Crippen LogP contribution in [-0.4, -0.2) is 18.7 Å². The van der Waals surface area contributed by atoms with Gasteiger partial charge in [0.1, 0.15) is 11.9 Å². The van der Waals surface area contributed by atoms with Crippen molar-refractivity contribution >= 4 is 5.97 Å². The Bertz CT molecular complexity index is 593. The summed E-state index contributed by atoms with van der Waals surface area (Å²) in [5.74, 6) is 2.28. The lowest BCUT2D eigenvalue weighted by molar-refractivity contribution is -0.0174. The first-order valence-corrected chi connectivity index (χ1v) is 12.4. The Morgan fingerprint density at radius 2 is 1.60 bits per heavy atom. The Labute approximate surface area is 184 Å². The van der Waals surface area contributed by atoms with Crippen LogP contribution in [0.15, 0.2) is 24.3 Å². The van der Waals surface area contributed by atoms with Gasteiger partial charge >= 0.3 is 5.97 Å². The van der Waals surface area contributed by atoms with Crippen LogP contribution in [0.2, 0.25) is 0 Å². The van der Waals surface area contributed by atoms with Crippen molar-refractivity contribution in [3.05, 3.63) is 29.8 Å². The zero-order valence-electron chi connectivity index (χ0n) is 19.8. The van der Waals surface area contributed by atoms with E-state index >= 15 is 0 Å². The van der Waals surface area contributed by atoms with Gasteiger partial charge in [0.15, 0.2) is 0 Å².